The highest BCUT2D eigenvalue weighted by atomic mass is 32.1. The molecule has 1 aromatic carbocycles. The molecular weight excluding hydrogens is 615 g/mol. The van der Waals surface area contributed by atoms with Crippen LogP contribution in [-0.2, 0) is 9.59 Å². The van der Waals surface area contributed by atoms with E-state index in [1.54, 1.807) is 42.1 Å². The van der Waals surface area contributed by atoms with Crippen LogP contribution >= 0.6 is 11.3 Å². The molecule has 5 aromatic rings. The fourth-order valence-corrected chi connectivity index (χ4v) is 7.21. The van der Waals surface area contributed by atoms with Crippen LogP contribution in [0.5, 0.6) is 0 Å². The molecule has 1 saturated heterocycles. The molecule has 6 heterocycles. The van der Waals surface area contributed by atoms with Crippen LogP contribution in [0.4, 0.5) is 5.69 Å². The van der Waals surface area contributed by atoms with Gasteiger partial charge in [0.05, 0.1) is 16.9 Å². The maximum Gasteiger partial charge on any atom is 0.257 e. The molecule has 8 rings (SSSR count). The van der Waals surface area contributed by atoms with Crippen LogP contribution in [0.3, 0.4) is 0 Å². The van der Waals surface area contributed by atoms with Crippen LogP contribution in [0.2, 0.25) is 0 Å². The van der Waals surface area contributed by atoms with Crippen LogP contribution in [0.25, 0.3) is 38.4 Å². The predicted molar refractivity (Wildman–Crippen MR) is 178 cm³/mol. The summed E-state index contributed by atoms with van der Waals surface area (Å²) >= 11 is 1.55. The first-order valence-corrected chi connectivity index (χ1v) is 16.6. The maximum atomic E-state index is 13.4. The van der Waals surface area contributed by atoms with Gasteiger partial charge in [0.15, 0.2) is 11.4 Å². The number of amides is 2. The molecule has 4 aromatic heterocycles. The van der Waals surface area contributed by atoms with Crippen molar-refractivity contribution in [1.29, 1.82) is 0 Å². The molecule has 1 saturated carbocycles. The van der Waals surface area contributed by atoms with Crippen molar-refractivity contribution in [1.82, 2.24) is 39.9 Å². The van der Waals surface area contributed by atoms with Crippen molar-refractivity contribution in [3.63, 3.8) is 0 Å². The van der Waals surface area contributed by atoms with E-state index >= 15 is 0 Å². The van der Waals surface area contributed by atoms with E-state index in [0.717, 1.165) is 43.3 Å². The molecule has 2 amide bonds. The average Bonchev–Trinajstić information content (AvgIpc) is 3.49. The molecule has 238 valence electrons. The zero-order chi connectivity index (χ0) is 32.0. The maximum absolute atomic E-state index is 13.4. The summed E-state index contributed by atoms with van der Waals surface area (Å²) in [5.41, 5.74) is 3.79. The number of aromatic nitrogens is 6. The van der Waals surface area contributed by atoms with Crippen LogP contribution < -0.4 is 5.32 Å². The monoisotopic (exact) mass is 647 g/mol. The van der Waals surface area contributed by atoms with E-state index in [1.807, 2.05) is 40.3 Å². The topological polar surface area (TPSA) is 153 Å². The molecule has 3 N–H and O–H groups in total. The number of thiazole rings is 1. The number of fused-ring (bicyclic) bond motifs is 1. The highest BCUT2D eigenvalue weighted by molar-refractivity contribution is 7.16. The zero-order valence-corrected chi connectivity index (χ0v) is 26.4. The number of nitrogens with one attached hydrogen (secondary N) is 2. The molecule has 13 heteroatoms. The summed E-state index contributed by atoms with van der Waals surface area (Å²) < 4.78 is 0. The first-order chi connectivity index (χ1) is 22.9. The fourth-order valence-electron chi connectivity index (χ4n) is 6.28. The Morgan fingerprint density at radius 1 is 1.06 bits per heavy atom. The zero-order valence-electron chi connectivity index (χ0n) is 25.6. The van der Waals surface area contributed by atoms with Gasteiger partial charge in [-0.1, -0.05) is 6.08 Å². The van der Waals surface area contributed by atoms with E-state index in [-0.39, 0.29) is 25.4 Å². The van der Waals surface area contributed by atoms with Crippen LogP contribution in [0, 0.1) is 0 Å². The Hall–Kier alpha value is -4.85. The quantitative estimate of drug-likeness (QED) is 0.226. The van der Waals surface area contributed by atoms with E-state index in [1.165, 1.54) is 12.8 Å². The minimum atomic E-state index is -1.60. The lowest BCUT2D eigenvalue weighted by molar-refractivity contribution is -0.135. The third-order valence-electron chi connectivity index (χ3n) is 9.11. The van der Waals surface area contributed by atoms with E-state index in [4.69, 9.17) is 0 Å². The largest absolute Gasteiger partial charge is 0.379 e. The van der Waals surface area contributed by atoms with Crippen molar-refractivity contribution in [2.24, 2.45) is 0 Å². The Kier molecular flexibility index (Phi) is 7.58. The molecule has 2 aliphatic heterocycles. The number of aromatic amines is 1. The van der Waals surface area contributed by atoms with Gasteiger partial charge in [-0.3, -0.25) is 24.6 Å². The van der Waals surface area contributed by atoms with Gasteiger partial charge in [0.25, 0.3) is 5.91 Å². The van der Waals surface area contributed by atoms with Crippen molar-refractivity contribution in [2.45, 2.75) is 37.2 Å². The molecule has 3 aliphatic rings. The summed E-state index contributed by atoms with van der Waals surface area (Å²) in [6.45, 7) is 1.75. The molecule has 1 atom stereocenters. The number of carbonyl (C=O) groups excluding carboxylic acids is 2. The number of aliphatic hydroxyl groups is 1. The van der Waals surface area contributed by atoms with Gasteiger partial charge in [-0.15, -0.1) is 11.3 Å². The lowest BCUT2D eigenvalue weighted by Crippen LogP contribution is -2.47. The number of anilines is 1. The van der Waals surface area contributed by atoms with Crippen molar-refractivity contribution >= 4 is 45.3 Å². The van der Waals surface area contributed by atoms with Crippen molar-refractivity contribution in [2.75, 3.05) is 38.0 Å². The smallest absolute Gasteiger partial charge is 0.257 e. The number of likely N-dealkylation sites (tertiary alicyclic amines) is 1. The molecule has 0 unspecified atom stereocenters. The average molecular weight is 648 g/mol. The number of rotatable bonds is 8. The van der Waals surface area contributed by atoms with Gasteiger partial charge in [0, 0.05) is 79.2 Å². The second-order valence-electron chi connectivity index (χ2n) is 12.4. The SMILES string of the molecule is O=C(CN1CC[C@@](O)(C(=O)Nc2ccc3[nH]nc(-c4ccnc(C5CC5)c4)c3c2)C1)N1CC=C(c2ncc(-c3ncccn3)s2)CC1. The van der Waals surface area contributed by atoms with Crippen LogP contribution in [0.1, 0.15) is 42.3 Å². The second-order valence-corrected chi connectivity index (χ2v) is 13.5. The first-order valence-electron chi connectivity index (χ1n) is 15.8. The summed E-state index contributed by atoms with van der Waals surface area (Å²) in [6, 6.07) is 11.4. The Labute approximate surface area is 274 Å². The normalized spacial score (nSPS) is 20.0. The van der Waals surface area contributed by atoms with Gasteiger partial charge in [-0.2, -0.15) is 5.10 Å². The number of H-pyrrole nitrogens is 1. The number of hydrogen-bond donors (Lipinski definition) is 3. The summed E-state index contributed by atoms with van der Waals surface area (Å²) in [7, 11) is 0. The minimum Gasteiger partial charge on any atom is -0.379 e. The third kappa shape index (κ3) is 6.04. The van der Waals surface area contributed by atoms with E-state index in [2.05, 4.69) is 41.5 Å². The van der Waals surface area contributed by atoms with Gasteiger partial charge in [0.2, 0.25) is 5.91 Å². The van der Waals surface area contributed by atoms with Crippen molar-refractivity contribution in [3.05, 3.63) is 78.0 Å². The lowest BCUT2D eigenvalue weighted by Gasteiger charge is -2.28. The van der Waals surface area contributed by atoms with Crippen LogP contribution in [-0.4, -0.2) is 95.2 Å². The number of β-amino-alcohol motifs (C(OH)–C–C–N with tert-alkyl or cyclic N) is 1. The number of benzene rings is 1. The van der Waals surface area contributed by atoms with Gasteiger partial charge in [-0.05, 0) is 67.7 Å². The summed E-state index contributed by atoms with van der Waals surface area (Å²) in [4.78, 5) is 48.8. The summed E-state index contributed by atoms with van der Waals surface area (Å²) in [5.74, 6) is 0.674. The van der Waals surface area contributed by atoms with Crippen LogP contribution in [0.15, 0.2) is 67.3 Å². The highest BCUT2D eigenvalue weighted by Gasteiger charge is 2.43. The molecule has 2 fully saturated rings. The molecule has 0 spiro atoms. The lowest BCUT2D eigenvalue weighted by atomic mass is 10.0. The van der Waals surface area contributed by atoms with Crippen molar-refractivity contribution in [3.8, 4) is 22.0 Å². The Bertz CT molecular complexity index is 2000. The second kappa shape index (κ2) is 12.1. The fraction of sp³-hybridized carbons (Fsp3) is 0.324. The predicted octanol–water partition coefficient (Wildman–Crippen LogP) is 4.11. The van der Waals surface area contributed by atoms with Gasteiger partial charge in [0.1, 0.15) is 10.7 Å². The van der Waals surface area contributed by atoms with Gasteiger partial charge >= 0.3 is 0 Å². The van der Waals surface area contributed by atoms with E-state index in [0.29, 0.717) is 43.5 Å². The summed E-state index contributed by atoms with van der Waals surface area (Å²) in [6.07, 6.45) is 12.4. The Morgan fingerprint density at radius 3 is 2.74 bits per heavy atom. The number of nitrogens with zero attached hydrogens (tertiary/aromatic N) is 7. The number of pyridine rings is 1. The molecule has 12 nitrogen and oxygen atoms in total. The molecule has 1 aliphatic carbocycles. The Balaban J connectivity index is 0.878. The number of hydrogen-bond acceptors (Lipinski definition) is 10. The van der Waals surface area contributed by atoms with E-state index < -0.39 is 11.5 Å². The minimum absolute atomic E-state index is 0.0265. The summed E-state index contributed by atoms with van der Waals surface area (Å²) in [5, 5.41) is 23.6. The Morgan fingerprint density at radius 2 is 1.94 bits per heavy atom. The highest BCUT2D eigenvalue weighted by Crippen LogP contribution is 2.40. The standard InChI is InChI=1S/C34H33N9O3S/c44-29(43-13-7-22(8-14-43)32-38-18-28(47-32)31-36-10-1-11-37-31)19-42-15-9-34(46,20-42)33(45)39-24-4-5-26-25(17-24)30(41-40-26)23-6-12-35-27(16-23)21-2-3-21/h1,4-7,10-12,16-18,21,46H,2-3,8-9,13-15,19-20H2,(H,39,45)(H,40,41)/t34-/m0/s1. The molecule has 0 bridgehead atoms. The molecule has 47 heavy (non-hydrogen) atoms. The first kappa shape index (κ1) is 29.5. The van der Waals surface area contributed by atoms with Gasteiger partial charge in [-0.25, -0.2) is 15.0 Å². The molecule has 0 radical (unpaired) electrons. The number of carbonyl (C=O) groups is 2. The van der Waals surface area contributed by atoms with Crippen molar-refractivity contribution < 1.29 is 14.7 Å². The van der Waals surface area contributed by atoms with Gasteiger partial charge < -0.3 is 15.3 Å². The van der Waals surface area contributed by atoms with E-state index in [9.17, 15) is 14.7 Å². The third-order valence-corrected chi connectivity index (χ3v) is 10.2. The molecular formula is C34H33N9O3S.